The number of hydrogen-bond donors (Lipinski definition) is 3. The number of rotatable bonds is 6. The number of likely N-dealkylation sites (N-methyl/N-ethyl adjacent to an activating group) is 1. The summed E-state index contributed by atoms with van der Waals surface area (Å²) >= 11 is 0. The number of anilines is 1. The fourth-order valence-corrected chi connectivity index (χ4v) is 1.45. The first-order valence-electron chi connectivity index (χ1n) is 6.00. The van der Waals surface area contributed by atoms with Gasteiger partial charge in [0.15, 0.2) is 0 Å². The summed E-state index contributed by atoms with van der Waals surface area (Å²) in [6.45, 7) is 5.71. The molecule has 18 heavy (non-hydrogen) atoms. The molecule has 1 rings (SSSR count). The van der Waals surface area contributed by atoms with Gasteiger partial charge >= 0.3 is 0 Å². The second-order valence-electron chi connectivity index (χ2n) is 3.87. The summed E-state index contributed by atoms with van der Waals surface area (Å²) in [7, 11) is 0. The summed E-state index contributed by atoms with van der Waals surface area (Å²) in [5.41, 5.74) is 1.27. The van der Waals surface area contributed by atoms with Gasteiger partial charge in [-0.25, -0.2) is 0 Å². The smallest absolute Gasteiger partial charge is 0.251 e. The van der Waals surface area contributed by atoms with E-state index < -0.39 is 0 Å². The number of nitrogens with one attached hydrogen (secondary N) is 3. The van der Waals surface area contributed by atoms with E-state index in [0.29, 0.717) is 17.8 Å². The van der Waals surface area contributed by atoms with Gasteiger partial charge in [0.2, 0.25) is 5.91 Å². The third kappa shape index (κ3) is 4.97. The van der Waals surface area contributed by atoms with Crippen LogP contribution < -0.4 is 16.0 Å². The molecule has 2 amide bonds. The van der Waals surface area contributed by atoms with Crippen molar-refractivity contribution in [3.8, 4) is 0 Å². The lowest BCUT2D eigenvalue weighted by molar-refractivity contribution is -0.114. The van der Waals surface area contributed by atoms with E-state index in [1.165, 1.54) is 6.92 Å². The molecule has 5 nitrogen and oxygen atoms in total. The minimum Gasteiger partial charge on any atom is -0.351 e. The maximum absolute atomic E-state index is 11.7. The van der Waals surface area contributed by atoms with Crippen LogP contribution in [-0.2, 0) is 4.79 Å². The van der Waals surface area contributed by atoms with Crippen LogP contribution in [0.2, 0.25) is 0 Å². The lowest BCUT2D eigenvalue weighted by atomic mass is 10.2. The molecular weight excluding hydrogens is 230 g/mol. The van der Waals surface area contributed by atoms with Crippen molar-refractivity contribution < 1.29 is 9.59 Å². The Hall–Kier alpha value is -1.88. The highest BCUT2D eigenvalue weighted by Gasteiger charge is 2.04. The van der Waals surface area contributed by atoms with Crippen LogP contribution in [0, 0.1) is 0 Å². The normalized spacial score (nSPS) is 9.89. The van der Waals surface area contributed by atoms with E-state index in [4.69, 9.17) is 0 Å². The van der Waals surface area contributed by atoms with Crippen molar-refractivity contribution in [3.63, 3.8) is 0 Å². The SMILES string of the molecule is CCNCCNC(=O)c1ccc(NC(C)=O)cc1. The maximum atomic E-state index is 11.7. The Morgan fingerprint density at radius 3 is 2.33 bits per heavy atom. The van der Waals surface area contributed by atoms with Crippen LogP contribution in [0.15, 0.2) is 24.3 Å². The Morgan fingerprint density at radius 1 is 1.11 bits per heavy atom. The molecule has 0 aliphatic carbocycles. The van der Waals surface area contributed by atoms with Gasteiger partial charge in [-0.15, -0.1) is 0 Å². The molecule has 5 heteroatoms. The first-order valence-corrected chi connectivity index (χ1v) is 6.00. The van der Waals surface area contributed by atoms with E-state index >= 15 is 0 Å². The minimum atomic E-state index is -0.127. The summed E-state index contributed by atoms with van der Waals surface area (Å²) in [5.74, 6) is -0.236. The standard InChI is InChI=1S/C13H19N3O2/c1-3-14-8-9-15-13(18)11-4-6-12(7-5-11)16-10(2)17/h4-7,14H,3,8-9H2,1-2H3,(H,15,18)(H,16,17). The molecule has 0 saturated heterocycles. The third-order valence-electron chi connectivity index (χ3n) is 2.30. The van der Waals surface area contributed by atoms with E-state index in [9.17, 15) is 9.59 Å². The molecule has 0 unspecified atom stereocenters. The highest BCUT2D eigenvalue weighted by Crippen LogP contribution is 2.09. The van der Waals surface area contributed by atoms with Crippen molar-refractivity contribution in [2.75, 3.05) is 25.0 Å². The van der Waals surface area contributed by atoms with Crippen molar-refractivity contribution in [2.24, 2.45) is 0 Å². The van der Waals surface area contributed by atoms with Gasteiger partial charge in [-0.1, -0.05) is 6.92 Å². The van der Waals surface area contributed by atoms with E-state index in [1.54, 1.807) is 24.3 Å². The van der Waals surface area contributed by atoms with Crippen molar-refractivity contribution in [1.82, 2.24) is 10.6 Å². The van der Waals surface area contributed by atoms with Gasteiger partial charge in [0.1, 0.15) is 0 Å². The molecule has 0 aliphatic heterocycles. The second kappa shape index (κ2) is 7.45. The molecule has 0 heterocycles. The predicted molar refractivity (Wildman–Crippen MR) is 71.6 cm³/mol. The molecule has 0 radical (unpaired) electrons. The zero-order chi connectivity index (χ0) is 13.4. The van der Waals surface area contributed by atoms with Crippen LogP contribution in [0.25, 0.3) is 0 Å². The number of hydrogen-bond acceptors (Lipinski definition) is 3. The van der Waals surface area contributed by atoms with E-state index in [2.05, 4.69) is 16.0 Å². The molecule has 98 valence electrons. The third-order valence-corrected chi connectivity index (χ3v) is 2.30. The zero-order valence-electron chi connectivity index (χ0n) is 10.7. The average molecular weight is 249 g/mol. The van der Waals surface area contributed by atoms with Crippen LogP contribution in [0.5, 0.6) is 0 Å². The van der Waals surface area contributed by atoms with E-state index in [1.807, 2.05) is 6.92 Å². The van der Waals surface area contributed by atoms with Crippen molar-refractivity contribution in [1.29, 1.82) is 0 Å². The van der Waals surface area contributed by atoms with Gasteiger partial charge in [0, 0.05) is 31.3 Å². The predicted octanol–water partition coefficient (Wildman–Crippen LogP) is 0.984. The molecule has 1 aromatic rings. The molecule has 0 aliphatic rings. The van der Waals surface area contributed by atoms with Gasteiger partial charge in [-0.05, 0) is 30.8 Å². The summed E-state index contributed by atoms with van der Waals surface area (Å²) < 4.78 is 0. The number of benzene rings is 1. The Morgan fingerprint density at radius 2 is 1.78 bits per heavy atom. The molecule has 0 atom stereocenters. The summed E-state index contributed by atoms with van der Waals surface area (Å²) in [6, 6.07) is 6.79. The van der Waals surface area contributed by atoms with Gasteiger partial charge < -0.3 is 16.0 Å². The van der Waals surface area contributed by atoms with Gasteiger partial charge in [-0.2, -0.15) is 0 Å². The molecular formula is C13H19N3O2. The number of carbonyl (C=O) groups excluding carboxylic acids is 2. The Kier molecular flexibility index (Phi) is 5.87. The van der Waals surface area contributed by atoms with Gasteiger partial charge in [-0.3, -0.25) is 9.59 Å². The molecule has 0 aromatic heterocycles. The number of carbonyl (C=O) groups is 2. The molecule has 3 N–H and O–H groups in total. The lowest BCUT2D eigenvalue weighted by Crippen LogP contribution is -2.31. The van der Waals surface area contributed by atoms with Crippen molar-refractivity contribution in [3.05, 3.63) is 29.8 Å². The first-order chi connectivity index (χ1) is 8.63. The lowest BCUT2D eigenvalue weighted by Gasteiger charge is -2.06. The van der Waals surface area contributed by atoms with Crippen LogP contribution in [0.1, 0.15) is 24.2 Å². The van der Waals surface area contributed by atoms with Crippen LogP contribution in [0.4, 0.5) is 5.69 Å². The Labute approximate surface area is 107 Å². The fourth-order valence-electron chi connectivity index (χ4n) is 1.45. The Balaban J connectivity index is 2.46. The summed E-state index contributed by atoms with van der Waals surface area (Å²) in [4.78, 5) is 22.6. The molecule has 0 spiro atoms. The summed E-state index contributed by atoms with van der Waals surface area (Å²) in [5, 5.41) is 8.58. The van der Waals surface area contributed by atoms with Gasteiger partial charge in [0.25, 0.3) is 5.91 Å². The highest BCUT2D eigenvalue weighted by atomic mass is 16.2. The van der Waals surface area contributed by atoms with Crippen LogP contribution >= 0.6 is 0 Å². The quantitative estimate of drug-likeness (QED) is 0.658. The second-order valence-corrected chi connectivity index (χ2v) is 3.87. The monoisotopic (exact) mass is 249 g/mol. The maximum Gasteiger partial charge on any atom is 0.251 e. The largest absolute Gasteiger partial charge is 0.351 e. The first kappa shape index (κ1) is 14.2. The van der Waals surface area contributed by atoms with Crippen molar-refractivity contribution in [2.45, 2.75) is 13.8 Å². The Bertz CT molecular complexity index is 401. The van der Waals surface area contributed by atoms with Crippen LogP contribution in [-0.4, -0.2) is 31.4 Å². The van der Waals surface area contributed by atoms with Gasteiger partial charge in [0.05, 0.1) is 0 Å². The molecule has 0 bridgehead atoms. The minimum absolute atomic E-state index is 0.109. The molecule has 1 aromatic carbocycles. The fraction of sp³-hybridized carbons (Fsp3) is 0.385. The summed E-state index contributed by atoms with van der Waals surface area (Å²) in [6.07, 6.45) is 0. The molecule has 0 fully saturated rings. The van der Waals surface area contributed by atoms with E-state index in [0.717, 1.165) is 13.1 Å². The zero-order valence-corrected chi connectivity index (χ0v) is 10.7. The highest BCUT2D eigenvalue weighted by molar-refractivity contribution is 5.95. The average Bonchev–Trinajstić information content (AvgIpc) is 2.34. The number of amides is 2. The molecule has 0 saturated carbocycles. The van der Waals surface area contributed by atoms with E-state index in [-0.39, 0.29) is 11.8 Å². The topological polar surface area (TPSA) is 70.2 Å². The van der Waals surface area contributed by atoms with Crippen molar-refractivity contribution >= 4 is 17.5 Å². The van der Waals surface area contributed by atoms with Crippen LogP contribution in [0.3, 0.4) is 0 Å².